The van der Waals surface area contributed by atoms with Gasteiger partial charge in [-0.2, -0.15) is 0 Å². The highest BCUT2D eigenvalue weighted by molar-refractivity contribution is 5.62. The van der Waals surface area contributed by atoms with E-state index in [0.717, 1.165) is 41.4 Å². The summed E-state index contributed by atoms with van der Waals surface area (Å²) in [6, 6.07) is 15.9. The standard InChI is InChI=1S/C22H20N6/c1-5-18(22(26-13-1)27-19-6-2-10-23-15-19)9-14-28(20-7-3-11-24-16-20)21-8-4-12-25-17-21/h1-8,10-13,15-17H,9,14H2,(H,26,27). The Morgan fingerprint density at radius 2 is 1.36 bits per heavy atom. The van der Waals surface area contributed by atoms with E-state index in [-0.39, 0.29) is 0 Å². The molecule has 0 fully saturated rings. The zero-order chi connectivity index (χ0) is 19.0. The number of nitrogens with one attached hydrogen (secondary N) is 1. The van der Waals surface area contributed by atoms with Crippen LogP contribution >= 0.6 is 0 Å². The van der Waals surface area contributed by atoms with Crippen molar-refractivity contribution >= 4 is 22.9 Å². The summed E-state index contributed by atoms with van der Waals surface area (Å²) in [5.74, 6) is 0.841. The van der Waals surface area contributed by atoms with Gasteiger partial charge in [0, 0.05) is 31.3 Å². The van der Waals surface area contributed by atoms with Crippen LogP contribution in [0.15, 0.2) is 91.9 Å². The third-order valence-corrected chi connectivity index (χ3v) is 4.34. The lowest BCUT2D eigenvalue weighted by atomic mass is 10.1. The van der Waals surface area contributed by atoms with Gasteiger partial charge in [-0.05, 0) is 54.4 Å². The third kappa shape index (κ3) is 4.29. The van der Waals surface area contributed by atoms with Gasteiger partial charge < -0.3 is 10.2 Å². The summed E-state index contributed by atoms with van der Waals surface area (Å²) in [6.07, 6.45) is 13.4. The minimum absolute atomic E-state index is 0.769. The molecule has 4 rings (SSSR count). The van der Waals surface area contributed by atoms with E-state index < -0.39 is 0 Å². The van der Waals surface area contributed by atoms with Crippen LogP contribution in [-0.4, -0.2) is 26.5 Å². The number of hydrogen-bond donors (Lipinski definition) is 1. The Morgan fingerprint density at radius 3 is 1.96 bits per heavy atom. The van der Waals surface area contributed by atoms with E-state index in [4.69, 9.17) is 0 Å². The highest BCUT2D eigenvalue weighted by Crippen LogP contribution is 2.25. The van der Waals surface area contributed by atoms with Gasteiger partial charge in [0.05, 0.1) is 35.7 Å². The first-order valence-corrected chi connectivity index (χ1v) is 9.09. The van der Waals surface area contributed by atoms with Gasteiger partial charge in [-0.25, -0.2) is 4.98 Å². The first-order chi connectivity index (χ1) is 13.9. The molecular weight excluding hydrogens is 348 g/mol. The van der Waals surface area contributed by atoms with E-state index in [0.29, 0.717) is 0 Å². The van der Waals surface area contributed by atoms with E-state index >= 15 is 0 Å². The first-order valence-electron chi connectivity index (χ1n) is 9.09. The lowest BCUT2D eigenvalue weighted by Gasteiger charge is -2.24. The molecule has 0 amide bonds. The fourth-order valence-corrected chi connectivity index (χ4v) is 2.99. The summed E-state index contributed by atoms with van der Waals surface area (Å²) in [5.41, 5.74) is 4.10. The van der Waals surface area contributed by atoms with Crippen LogP contribution in [0.4, 0.5) is 22.9 Å². The largest absolute Gasteiger partial charge is 0.339 e. The number of pyridine rings is 4. The summed E-state index contributed by atoms with van der Waals surface area (Å²) in [7, 11) is 0. The number of nitrogens with zero attached hydrogens (tertiary/aromatic N) is 5. The molecule has 0 aliphatic heterocycles. The van der Waals surface area contributed by atoms with Crippen molar-refractivity contribution in [1.82, 2.24) is 19.9 Å². The fraction of sp³-hybridized carbons (Fsp3) is 0.0909. The van der Waals surface area contributed by atoms with Crippen LogP contribution in [0.5, 0.6) is 0 Å². The Labute approximate surface area is 164 Å². The van der Waals surface area contributed by atoms with Gasteiger partial charge in [0.2, 0.25) is 0 Å². The topological polar surface area (TPSA) is 66.8 Å². The van der Waals surface area contributed by atoms with Crippen LogP contribution in [0, 0.1) is 0 Å². The number of hydrogen-bond acceptors (Lipinski definition) is 6. The van der Waals surface area contributed by atoms with Crippen molar-refractivity contribution in [2.75, 3.05) is 16.8 Å². The Balaban J connectivity index is 1.56. The lowest BCUT2D eigenvalue weighted by Crippen LogP contribution is -2.21. The highest BCUT2D eigenvalue weighted by atomic mass is 15.1. The highest BCUT2D eigenvalue weighted by Gasteiger charge is 2.12. The minimum Gasteiger partial charge on any atom is -0.339 e. The van der Waals surface area contributed by atoms with E-state index in [1.54, 1.807) is 31.0 Å². The Morgan fingerprint density at radius 1 is 0.714 bits per heavy atom. The molecule has 0 saturated carbocycles. The quantitative estimate of drug-likeness (QED) is 0.522. The lowest BCUT2D eigenvalue weighted by molar-refractivity contribution is 0.903. The second-order valence-corrected chi connectivity index (χ2v) is 6.20. The number of anilines is 4. The second-order valence-electron chi connectivity index (χ2n) is 6.20. The smallest absolute Gasteiger partial charge is 0.133 e. The van der Waals surface area contributed by atoms with Gasteiger partial charge in [-0.1, -0.05) is 6.07 Å². The van der Waals surface area contributed by atoms with E-state index in [1.165, 1.54) is 0 Å². The Kier molecular flexibility index (Phi) is 5.49. The molecule has 4 aromatic heterocycles. The molecule has 28 heavy (non-hydrogen) atoms. The molecule has 6 heteroatoms. The van der Waals surface area contributed by atoms with Crippen molar-refractivity contribution in [2.45, 2.75) is 6.42 Å². The third-order valence-electron chi connectivity index (χ3n) is 4.34. The molecule has 0 atom stereocenters. The van der Waals surface area contributed by atoms with Crippen LogP contribution in [0.1, 0.15) is 5.56 Å². The van der Waals surface area contributed by atoms with Crippen molar-refractivity contribution in [3.05, 3.63) is 97.5 Å². The molecule has 0 bridgehead atoms. The fourth-order valence-electron chi connectivity index (χ4n) is 2.99. The summed E-state index contributed by atoms with van der Waals surface area (Å²) >= 11 is 0. The summed E-state index contributed by atoms with van der Waals surface area (Å²) in [6.45, 7) is 0.769. The molecule has 6 nitrogen and oxygen atoms in total. The van der Waals surface area contributed by atoms with E-state index in [9.17, 15) is 0 Å². The maximum Gasteiger partial charge on any atom is 0.133 e. The second kappa shape index (κ2) is 8.73. The maximum atomic E-state index is 4.52. The van der Waals surface area contributed by atoms with Crippen molar-refractivity contribution in [1.29, 1.82) is 0 Å². The van der Waals surface area contributed by atoms with Crippen molar-refractivity contribution in [3.8, 4) is 0 Å². The molecule has 0 aliphatic carbocycles. The molecule has 0 unspecified atom stereocenters. The normalized spacial score (nSPS) is 10.4. The first kappa shape index (κ1) is 17.6. The number of rotatable bonds is 7. The molecule has 0 saturated heterocycles. The van der Waals surface area contributed by atoms with Crippen LogP contribution in [-0.2, 0) is 6.42 Å². The van der Waals surface area contributed by atoms with Crippen molar-refractivity contribution < 1.29 is 0 Å². The molecule has 4 aromatic rings. The van der Waals surface area contributed by atoms with E-state index in [2.05, 4.69) is 48.4 Å². The molecule has 0 aromatic carbocycles. The zero-order valence-corrected chi connectivity index (χ0v) is 15.3. The maximum absolute atomic E-state index is 4.52. The van der Waals surface area contributed by atoms with Gasteiger partial charge in [0.1, 0.15) is 5.82 Å². The van der Waals surface area contributed by atoms with Crippen molar-refractivity contribution in [2.24, 2.45) is 0 Å². The zero-order valence-electron chi connectivity index (χ0n) is 15.3. The molecule has 0 radical (unpaired) electrons. The van der Waals surface area contributed by atoms with Gasteiger partial charge in [0.25, 0.3) is 0 Å². The van der Waals surface area contributed by atoms with Crippen LogP contribution in [0.25, 0.3) is 0 Å². The molecule has 4 heterocycles. The molecule has 138 valence electrons. The van der Waals surface area contributed by atoms with Gasteiger partial charge >= 0.3 is 0 Å². The van der Waals surface area contributed by atoms with Crippen LogP contribution in [0.3, 0.4) is 0 Å². The van der Waals surface area contributed by atoms with Gasteiger partial charge in [-0.3, -0.25) is 15.0 Å². The summed E-state index contributed by atoms with van der Waals surface area (Å²) in [5, 5.41) is 3.36. The molecule has 1 N–H and O–H groups in total. The predicted octanol–water partition coefficient (Wildman–Crippen LogP) is 4.39. The molecule has 0 spiro atoms. The summed E-state index contributed by atoms with van der Waals surface area (Å²) in [4.78, 5) is 19.4. The number of aromatic nitrogens is 4. The van der Waals surface area contributed by atoms with Crippen molar-refractivity contribution in [3.63, 3.8) is 0 Å². The monoisotopic (exact) mass is 368 g/mol. The Bertz CT molecular complexity index is 953. The van der Waals surface area contributed by atoms with E-state index in [1.807, 2.05) is 42.7 Å². The van der Waals surface area contributed by atoms with Crippen LogP contribution in [0.2, 0.25) is 0 Å². The van der Waals surface area contributed by atoms with Crippen LogP contribution < -0.4 is 10.2 Å². The SMILES string of the molecule is c1cncc(Nc2ncccc2CCN(c2cccnc2)c2cccnc2)c1. The van der Waals surface area contributed by atoms with Gasteiger partial charge in [0.15, 0.2) is 0 Å². The average Bonchev–Trinajstić information content (AvgIpc) is 2.77. The van der Waals surface area contributed by atoms with Gasteiger partial charge in [-0.15, -0.1) is 0 Å². The molecule has 0 aliphatic rings. The summed E-state index contributed by atoms with van der Waals surface area (Å²) < 4.78 is 0. The Hall–Kier alpha value is -3.80. The minimum atomic E-state index is 0.769. The molecular formula is C22H20N6. The average molecular weight is 368 g/mol. The predicted molar refractivity (Wildman–Crippen MR) is 111 cm³/mol.